The maximum atomic E-state index is 12.5. The molecule has 0 amide bonds. The quantitative estimate of drug-likeness (QED) is 0.765. The van der Waals surface area contributed by atoms with Crippen LogP contribution in [-0.4, -0.2) is 47.9 Å². The summed E-state index contributed by atoms with van der Waals surface area (Å²) in [7, 11) is 0.0834. The van der Waals surface area contributed by atoms with Gasteiger partial charge in [0.15, 0.2) is 0 Å². The van der Waals surface area contributed by atoms with Crippen molar-refractivity contribution in [2.45, 2.75) is 11.3 Å². The first-order chi connectivity index (χ1) is 9.46. The lowest BCUT2D eigenvalue weighted by molar-refractivity contribution is 0.470. The Kier molecular flexibility index (Phi) is 4.72. The van der Waals surface area contributed by atoms with Crippen LogP contribution in [-0.2, 0) is 17.1 Å². The van der Waals surface area contributed by atoms with Gasteiger partial charge in [0.05, 0.1) is 22.3 Å². The first-order valence-electron chi connectivity index (χ1n) is 6.33. The molecule has 20 heavy (non-hydrogen) atoms. The predicted octanol–water partition coefficient (Wildman–Crippen LogP) is 1.95. The van der Waals surface area contributed by atoms with Crippen LogP contribution in [0.2, 0.25) is 0 Å². The molecule has 110 valence electrons. The zero-order chi connectivity index (χ0) is 14.8. The second-order valence-electron chi connectivity index (χ2n) is 4.68. The number of imidazole rings is 1. The summed E-state index contributed by atoms with van der Waals surface area (Å²) >= 11 is 1.72. The third-order valence-corrected chi connectivity index (χ3v) is 5.78. The molecule has 0 radical (unpaired) electrons. The monoisotopic (exact) mass is 313 g/mol. The van der Waals surface area contributed by atoms with Crippen LogP contribution in [0, 0.1) is 0 Å². The largest absolute Gasteiger partial charge is 0.334 e. The average Bonchev–Trinajstić information content (AvgIpc) is 2.80. The van der Waals surface area contributed by atoms with Gasteiger partial charge in [0.25, 0.3) is 0 Å². The number of rotatable bonds is 6. The molecule has 2 aromatic rings. The highest BCUT2D eigenvalue weighted by atomic mass is 32.2. The molecule has 0 fully saturated rings. The van der Waals surface area contributed by atoms with Crippen molar-refractivity contribution in [1.29, 1.82) is 0 Å². The van der Waals surface area contributed by atoms with Gasteiger partial charge in [-0.2, -0.15) is 11.8 Å². The maximum Gasteiger partial charge on any atom is 0.242 e. The zero-order valence-electron chi connectivity index (χ0n) is 11.9. The van der Waals surface area contributed by atoms with E-state index in [1.165, 1.54) is 4.31 Å². The Balaban J connectivity index is 2.26. The van der Waals surface area contributed by atoms with Gasteiger partial charge in [-0.15, -0.1) is 0 Å². The fourth-order valence-corrected chi connectivity index (χ4v) is 3.66. The van der Waals surface area contributed by atoms with Crippen LogP contribution in [0.1, 0.15) is 6.42 Å². The zero-order valence-corrected chi connectivity index (χ0v) is 13.5. The van der Waals surface area contributed by atoms with Crippen molar-refractivity contribution < 1.29 is 8.42 Å². The van der Waals surface area contributed by atoms with Crippen LogP contribution in [0.4, 0.5) is 0 Å². The van der Waals surface area contributed by atoms with E-state index in [0.717, 1.165) is 17.7 Å². The topological polar surface area (TPSA) is 55.2 Å². The standard InChI is InChI=1S/C13H19N3O2S2/c1-15-10-14-12-9-11(5-6-13(12)15)20(17,18)16(2)7-4-8-19-3/h5-6,9-10H,4,7-8H2,1-3H3. The summed E-state index contributed by atoms with van der Waals surface area (Å²) in [6.45, 7) is 0.531. The average molecular weight is 313 g/mol. The molecule has 0 bridgehead atoms. The summed E-state index contributed by atoms with van der Waals surface area (Å²) in [5, 5.41) is 0. The molecule has 0 atom stereocenters. The van der Waals surface area contributed by atoms with Crippen molar-refractivity contribution in [2.24, 2.45) is 7.05 Å². The molecule has 0 saturated heterocycles. The van der Waals surface area contributed by atoms with E-state index in [0.29, 0.717) is 17.0 Å². The van der Waals surface area contributed by atoms with E-state index in [-0.39, 0.29) is 0 Å². The molecule has 2 rings (SSSR count). The Labute approximate surface area is 124 Å². The summed E-state index contributed by atoms with van der Waals surface area (Å²) < 4.78 is 28.2. The van der Waals surface area contributed by atoms with Gasteiger partial charge in [-0.1, -0.05) is 0 Å². The van der Waals surface area contributed by atoms with Crippen molar-refractivity contribution >= 4 is 32.8 Å². The lowest BCUT2D eigenvalue weighted by Gasteiger charge is -2.16. The number of nitrogens with zero attached hydrogens (tertiary/aromatic N) is 3. The molecule has 1 aromatic heterocycles. The summed E-state index contributed by atoms with van der Waals surface area (Å²) in [4.78, 5) is 4.51. The van der Waals surface area contributed by atoms with Gasteiger partial charge >= 0.3 is 0 Å². The molecule has 0 unspecified atom stereocenters. The number of fused-ring (bicyclic) bond motifs is 1. The molecule has 0 N–H and O–H groups in total. The van der Waals surface area contributed by atoms with Gasteiger partial charge in [-0.25, -0.2) is 17.7 Å². The van der Waals surface area contributed by atoms with E-state index in [1.54, 1.807) is 43.3 Å². The lowest BCUT2D eigenvalue weighted by atomic mass is 10.3. The van der Waals surface area contributed by atoms with Crippen molar-refractivity contribution in [1.82, 2.24) is 13.9 Å². The molecule has 0 saturated carbocycles. The van der Waals surface area contributed by atoms with Crippen molar-refractivity contribution in [2.75, 3.05) is 25.6 Å². The van der Waals surface area contributed by atoms with Crippen LogP contribution in [0.5, 0.6) is 0 Å². The van der Waals surface area contributed by atoms with Gasteiger partial charge in [-0.05, 0) is 36.6 Å². The minimum absolute atomic E-state index is 0.301. The highest BCUT2D eigenvalue weighted by Gasteiger charge is 2.21. The summed E-state index contributed by atoms with van der Waals surface area (Å²) in [5.74, 6) is 0.957. The fraction of sp³-hybridized carbons (Fsp3) is 0.462. The Morgan fingerprint density at radius 1 is 1.40 bits per heavy atom. The number of thioether (sulfide) groups is 1. The van der Waals surface area contributed by atoms with Crippen LogP contribution in [0.3, 0.4) is 0 Å². The lowest BCUT2D eigenvalue weighted by Crippen LogP contribution is -2.28. The molecule has 0 aliphatic rings. The van der Waals surface area contributed by atoms with E-state index in [2.05, 4.69) is 4.98 Å². The fourth-order valence-electron chi connectivity index (χ4n) is 2.01. The Bertz CT molecular complexity index is 695. The first-order valence-corrected chi connectivity index (χ1v) is 9.16. The van der Waals surface area contributed by atoms with Gasteiger partial charge in [-0.3, -0.25) is 0 Å². The molecular weight excluding hydrogens is 294 g/mol. The third kappa shape index (κ3) is 2.99. The number of hydrogen-bond donors (Lipinski definition) is 0. The summed E-state index contributed by atoms with van der Waals surface area (Å²) in [6, 6.07) is 5.07. The van der Waals surface area contributed by atoms with Crippen LogP contribution < -0.4 is 0 Å². The molecule has 5 nitrogen and oxygen atoms in total. The van der Waals surface area contributed by atoms with Gasteiger partial charge in [0.2, 0.25) is 10.0 Å². The van der Waals surface area contributed by atoms with Crippen molar-refractivity contribution in [3.63, 3.8) is 0 Å². The second-order valence-corrected chi connectivity index (χ2v) is 7.71. The second kappa shape index (κ2) is 6.15. The number of sulfonamides is 1. The number of benzene rings is 1. The van der Waals surface area contributed by atoms with Crippen LogP contribution in [0.15, 0.2) is 29.4 Å². The van der Waals surface area contributed by atoms with Gasteiger partial charge < -0.3 is 4.57 Å². The molecule has 0 aliphatic heterocycles. The molecular formula is C13H19N3O2S2. The van der Waals surface area contributed by atoms with E-state index >= 15 is 0 Å². The van der Waals surface area contributed by atoms with Gasteiger partial charge in [0.1, 0.15) is 0 Å². The molecule has 0 aliphatic carbocycles. The summed E-state index contributed by atoms with van der Waals surface area (Å²) in [6.07, 6.45) is 4.55. The number of hydrogen-bond acceptors (Lipinski definition) is 4. The van der Waals surface area contributed by atoms with Crippen molar-refractivity contribution in [3.05, 3.63) is 24.5 Å². The summed E-state index contributed by atoms with van der Waals surface area (Å²) in [5.41, 5.74) is 1.63. The van der Waals surface area contributed by atoms with E-state index < -0.39 is 10.0 Å². The van der Waals surface area contributed by atoms with E-state index in [9.17, 15) is 8.42 Å². The third-order valence-electron chi connectivity index (χ3n) is 3.23. The van der Waals surface area contributed by atoms with Gasteiger partial charge in [0, 0.05) is 20.6 Å². The molecule has 7 heteroatoms. The highest BCUT2D eigenvalue weighted by Crippen LogP contribution is 2.20. The van der Waals surface area contributed by atoms with E-state index in [4.69, 9.17) is 0 Å². The predicted molar refractivity (Wildman–Crippen MR) is 83.5 cm³/mol. The first kappa shape index (κ1) is 15.3. The van der Waals surface area contributed by atoms with Crippen molar-refractivity contribution in [3.8, 4) is 0 Å². The maximum absolute atomic E-state index is 12.5. The highest BCUT2D eigenvalue weighted by molar-refractivity contribution is 7.98. The minimum Gasteiger partial charge on any atom is -0.334 e. The smallest absolute Gasteiger partial charge is 0.242 e. The minimum atomic E-state index is -3.43. The Morgan fingerprint density at radius 2 is 2.15 bits per heavy atom. The number of aryl methyl sites for hydroxylation is 1. The normalized spacial score (nSPS) is 12.4. The van der Waals surface area contributed by atoms with E-state index in [1.807, 2.05) is 17.9 Å². The molecule has 1 heterocycles. The Hall–Kier alpha value is -1.05. The SMILES string of the molecule is CSCCCN(C)S(=O)(=O)c1ccc2c(c1)ncn2C. The van der Waals surface area contributed by atoms with Crippen LogP contribution in [0.25, 0.3) is 11.0 Å². The molecule has 0 spiro atoms. The molecule has 1 aromatic carbocycles. The van der Waals surface area contributed by atoms with Crippen LogP contribution >= 0.6 is 11.8 Å². The number of aromatic nitrogens is 2. The Morgan fingerprint density at radius 3 is 2.85 bits per heavy atom.